The fraction of sp³-hybridized carbons (Fsp3) is 0.300. The molecule has 0 saturated carbocycles. The van der Waals surface area contributed by atoms with Crippen molar-refractivity contribution in [3.63, 3.8) is 0 Å². The molecule has 25 heavy (non-hydrogen) atoms. The van der Waals surface area contributed by atoms with E-state index in [0.717, 1.165) is 16.7 Å². The van der Waals surface area contributed by atoms with Crippen LogP contribution >= 0.6 is 0 Å². The summed E-state index contributed by atoms with van der Waals surface area (Å²) in [5, 5.41) is 0. The molecule has 5 nitrogen and oxygen atoms in total. The highest BCUT2D eigenvalue weighted by molar-refractivity contribution is 5.79. The van der Waals surface area contributed by atoms with Gasteiger partial charge in [0, 0.05) is 5.56 Å². The number of carbonyl (C=O) groups is 2. The van der Waals surface area contributed by atoms with Gasteiger partial charge in [0.2, 0.25) is 0 Å². The number of rotatable bonds is 6. The molecule has 0 bridgehead atoms. The maximum Gasteiger partial charge on any atom is 0.328 e. The Morgan fingerprint density at radius 3 is 2.44 bits per heavy atom. The van der Waals surface area contributed by atoms with E-state index in [1.54, 1.807) is 6.92 Å². The van der Waals surface area contributed by atoms with Gasteiger partial charge in [-0.3, -0.25) is 4.79 Å². The molecule has 5 heteroatoms. The minimum absolute atomic E-state index is 0.0247. The smallest absolute Gasteiger partial charge is 0.328 e. The fourth-order valence-electron chi connectivity index (χ4n) is 2.46. The second kappa shape index (κ2) is 8.44. The first kappa shape index (κ1) is 18.7. The predicted octanol–water partition coefficient (Wildman–Crippen LogP) is 2.84. The molecular weight excluding hydrogens is 318 g/mol. The van der Waals surface area contributed by atoms with Gasteiger partial charge in [-0.1, -0.05) is 48.0 Å². The van der Waals surface area contributed by atoms with Gasteiger partial charge in [0.25, 0.3) is 0 Å². The number of aryl methyl sites for hydroxylation is 2. The van der Waals surface area contributed by atoms with Crippen LogP contribution in [0.25, 0.3) is 0 Å². The van der Waals surface area contributed by atoms with Crippen molar-refractivity contribution in [1.29, 1.82) is 0 Å². The zero-order chi connectivity index (χ0) is 18.4. The molecule has 2 aromatic rings. The highest BCUT2D eigenvalue weighted by atomic mass is 16.5. The third-order valence-corrected chi connectivity index (χ3v) is 3.65. The molecule has 0 unspecified atom stereocenters. The average molecular weight is 341 g/mol. The highest BCUT2D eigenvalue weighted by Crippen LogP contribution is 2.26. The van der Waals surface area contributed by atoms with E-state index < -0.39 is 12.0 Å². The normalized spacial score (nSPS) is 11.7. The average Bonchev–Trinajstić information content (AvgIpc) is 2.56. The summed E-state index contributed by atoms with van der Waals surface area (Å²) in [6.07, 6.45) is 0.0247. The van der Waals surface area contributed by atoms with Crippen LogP contribution in [-0.2, 0) is 27.4 Å². The number of hydrogen-bond donors (Lipinski definition) is 1. The Hall–Kier alpha value is -2.66. The summed E-state index contributed by atoms with van der Waals surface area (Å²) < 4.78 is 10.7. The van der Waals surface area contributed by atoms with Crippen molar-refractivity contribution >= 4 is 11.9 Å². The molecule has 1 atom stereocenters. The van der Waals surface area contributed by atoms with Gasteiger partial charge in [0.15, 0.2) is 0 Å². The van der Waals surface area contributed by atoms with Crippen LogP contribution in [0.5, 0.6) is 5.75 Å². The first-order valence-corrected chi connectivity index (χ1v) is 8.13. The van der Waals surface area contributed by atoms with Crippen LogP contribution in [0.4, 0.5) is 0 Å². The van der Waals surface area contributed by atoms with Crippen molar-refractivity contribution in [2.45, 2.75) is 39.8 Å². The molecule has 2 aromatic carbocycles. The maximum absolute atomic E-state index is 12.2. The van der Waals surface area contributed by atoms with Crippen LogP contribution in [0, 0.1) is 13.8 Å². The van der Waals surface area contributed by atoms with Crippen molar-refractivity contribution in [3.05, 3.63) is 64.7 Å². The predicted molar refractivity (Wildman–Crippen MR) is 95.1 cm³/mol. The summed E-state index contributed by atoms with van der Waals surface area (Å²) in [6, 6.07) is 12.4. The largest absolute Gasteiger partial charge is 0.461 e. The second-order valence-corrected chi connectivity index (χ2v) is 6.10. The van der Waals surface area contributed by atoms with Gasteiger partial charge in [0.1, 0.15) is 18.4 Å². The van der Waals surface area contributed by atoms with Gasteiger partial charge in [-0.25, -0.2) is 4.79 Å². The van der Waals surface area contributed by atoms with Gasteiger partial charge in [0.05, 0.1) is 6.42 Å². The maximum atomic E-state index is 12.2. The Morgan fingerprint density at radius 1 is 1.12 bits per heavy atom. The molecule has 0 radical (unpaired) electrons. The first-order valence-electron chi connectivity index (χ1n) is 8.13. The summed E-state index contributed by atoms with van der Waals surface area (Å²) in [7, 11) is 0. The molecule has 0 fully saturated rings. The molecule has 0 aromatic heterocycles. The number of carbonyl (C=O) groups excluding carboxylic acids is 2. The van der Waals surface area contributed by atoms with Crippen LogP contribution in [0.1, 0.15) is 29.2 Å². The Labute approximate surface area is 147 Å². The lowest BCUT2D eigenvalue weighted by atomic mass is 10.0. The first-order chi connectivity index (χ1) is 11.9. The molecule has 0 spiro atoms. The Bertz CT molecular complexity index is 754. The van der Waals surface area contributed by atoms with Crippen molar-refractivity contribution in [2.75, 3.05) is 0 Å². The Kier molecular flexibility index (Phi) is 6.31. The van der Waals surface area contributed by atoms with E-state index >= 15 is 0 Å². The number of nitrogens with two attached hydrogens (primary N) is 1. The summed E-state index contributed by atoms with van der Waals surface area (Å²) in [4.78, 5) is 24.0. The van der Waals surface area contributed by atoms with Crippen LogP contribution in [0.3, 0.4) is 0 Å². The van der Waals surface area contributed by atoms with Crippen molar-refractivity contribution in [2.24, 2.45) is 5.73 Å². The quantitative estimate of drug-likeness (QED) is 0.646. The van der Waals surface area contributed by atoms with Crippen molar-refractivity contribution in [3.8, 4) is 5.75 Å². The molecule has 0 aliphatic heterocycles. The monoisotopic (exact) mass is 341 g/mol. The van der Waals surface area contributed by atoms with Crippen molar-refractivity contribution in [1.82, 2.24) is 0 Å². The molecule has 2 rings (SSSR count). The van der Waals surface area contributed by atoms with E-state index in [-0.39, 0.29) is 19.0 Å². The number of hydrogen-bond acceptors (Lipinski definition) is 5. The van der Waals surface area contributed by atoms with Gasteiger partial charge < -0.3 is 15.2 Å². The summed E-state index contributed by atoms with van der Waals surface area (Å²) in [5.41, 5.74) is 8.85. The number of ether oxygens (including phenoxy) is 2. The fourth-order valence-corrected chi connectivity index (χ4v) is 2.46. The van der Waals surface area contributed by atoms with Crippen molar-refractivity contribution < 1.29 is 19.1 Å². The lowest BCUT2D eigenvalue weighted by Crippen LogP contribution is -2.31. The van der Waals surface area contributed by atoms with Gasteiger partial charge >= 0.3 is 11.9 Å². The molecule has 0 saturated heterocycles. The topological polar surface area (TPSA) is 78.6 Å². The minimum Gasteiger partial charge on any atom is -0.461 e. The van der Waals surface area contributed by atoms with Gasteiger partial charge in [-0.2, -0.15) is 0 Å². The lowest BCUT2D eigenvalue weighted by Gasteiger charge is -2.15. The van der Waals surface area contributed by atoms with E-state index in [2.05, 4.69) is 0 Å². The highest BCUT2D eigenvalue weighted by Gasteiger charge is 2.18. The zero-order valence-electron chi connectivity index (χ0n) is 14.7. The molecule has 0 aliphatic rings. The standard InChI is InChI=1S/C20H23NO4/c1-13-9-14(2)19(25-20(23)15(3)21)17(10-13)11-18(22)24-12-16-7-5-4-6-8-16/h4-10,15H,11-12,21H2,1-3H3/t15-/m0/s1. The summed E-state index contributed by atoms with van der Waals surface area (Å²) in [5.74, 6) is -0.539. The molecule has 0 heterocycles. The molecule has 0 aliphatic carbocycles. The summed E-state index contributed by atoms with van der Waals surface area (Å²) >= 11 is 0. The summed E-state index contributed by atoms with van der Waals surface area (Å²) in [6.45, 7) is 5.51. The van der Waals surface area contributed by atoms with Crippen LogP contribution in [-0.4, -0.2) is 18.0 Å². The molecule has 0 amide bonds. The zero-order valence-corrected chi connectivity index (χ0v) is 14.7. The molecule has 2 N–H and O–H groups in total. The third kappa shape index (κ3) is 5.43. The van der Waals surface area contributed by atoms with Gasteiger partial charge in [-0.15, -0.1) is 0 Å². The number of benzene rings is 2. The number of esters is 2. The minimum atomic E-state index is -0.737. The van der Waals surface area contributed by atoms with Crippen LogP contribution < -0.4 is 10.5 Å². The van der Waals surface area contributed by atoms with E-state index in [4.69, 9.17) is 15.2 Å². The Morgan fingerprint density at radius 2 is 1.80 bits per heavy atom. The van der Waals surface area contributed by atoms with E-state index in [1.165, 1.54) is 0 Å². The van der Waals surface area contributed by atoms with E-state index in [1.807, 2.05) is 56.3 Å². The SMILES string of the molecule is Cc1cc(C)c(OC(=O)[C@H](C)N)c(CC(=O)OCc2ccccc2)c1. The van der Waals surface area contributed by atoms with E-state index in [9.17, 15) is 9.59 Å². The molecular formula is C20H23NO4. The molecule has 132 valence electrons. The van der Waals surface area contributed by atoms with E-state index in [0.29, 0.717) is 11.3 Å². The lowest BCUT2D eigenvalue weighted by molar-refractivity contribution is -0.144. The van der Waals surface area contributed by atoms with Crippen LogP contribution in [0.15, 0.2) is 42.5 Å². The van der Waals surface area contributed by atoms with Gasteiger partial charge in [-0.05, 0) is 31.9 Å². The second-order valence-electron chi connectivity index (χ2n) is 6.10. The van der Waals surface area contributed by atoms with Crippen LogP contribution in [0.2, 0.25) is 0 Å². The Balaban J connectivity index is 2.11. The third-order valence-electron chi connectivity index (χ3n) is 3.65.